The van der Waals surface area contributed by atoms with E-state index >= 15 is 0 Å². The Balaban J connectivity index is 1.50. The molecule has 0 saturated heterocycles. The number of nitrogens with one attached hydrogen (secondary N) is 2. The van der Waals surface area contributed by atoms with Gasteiger partial charge in [-0.05, 0) is 18.4 Å². The zero-order valence-electron chi connectivity index (χ0n) is 12.6. The molecule has 3 aromatic rings. The topological polar surface area (TPSA) is 110 Å². The average Bonchev–Trinajstić information content (AvgIpc) is 3.27. The predicted molar refractivity (Wildman–Crippen MR) is 89.0 cm³/mol. The number of aryl methyl sites for hydroxylation is 1. The number of rotatable bonds is 6. The van der Waals surface area contributed by atoms with Gasteiger partial charge in [0, 0.05) is 5.38 Å². The van der Waals surface area contributed by atoms with Gasteiger partial charge >= 0.3 is 0 Å². The van der Waals surface area contributed by atoms with Gasteiger partial charge in [-0.25, -0.2) is 4.98 Å². The van der Waals surface area contributed by atoms with Crippen molar-refractivity contribution in [3.05, 3.63) is 45.2 Å². The molecule has 2 N–H and O–H groups in total. The Kier molecular flexibility index (Phi) is 4.96. The Morgan fingerprint density at radius 1 is 1.29 bits per heavy atom. The lowest BCUT2D eigenvalue weighted by atomic mass is 10.3. The van der Waals surface area contributed by atoms with Crippen LogP contribution in [0.1, 0.15) is 27.1 Å². The standard InChI is InChI=1S/C14H13N5O3S2/c1-8-16-12(22-19-8)6-15-11(20)5-9-7-24-14(17-9)18-13(21)10-3-2-4-23-10/h2-4,7H,5-6H2,1H3,(H,15,20)(H,17,18,21). The van der Waals surface area contributed by atoms with Crippen molar-refractivity contribution in [2.45, 2.75) is 19.9 Å². The average molecular weight is 363 g/mol. The van der Waals surface area contributed by atoms with E-state index in [4.69, 9.17) is 4.52 Å². The molecule has 3 heterocycles. The molecule has 0 atom stereocenters. The third-order valence-electron chi connectivity index (χ3n) is 2.87. The molecule has 0 bridgehead atoms. The summed E-state index contributed by atoms with van der Waals surface area (Å²) < 4.78 is 4.91. The van der Waals surface area contributed by atoms with Gasteiger partial charge in [0.25, 0.3) is 5.91 Å². The summed E-state index contributed by atoms with van der Waals surface area (Å²) in [6.07, 6.45) is 0.110. The quantitative estimate of drug-likeness (QED) is 0.693. The van der Waals surface area contributed by atoms with Gasteiger partial charge in [-0.15, -0.1) is 22.7 Å². The lowest BCUT2D eigenvalue weighted by Gasteiger charge is -2.00. The highest BCUT2D eigenvalue weighted by Gasteiger charge is 2.12. The highest BCUT2D eigenvalue weighted by atomic mass is 32.1. The molecule has 0 aliphatic carbocycles. The molecule has 8 nitrogen and oxygen atoms in total. The monoisotopic (exact) mass is 363 g/mol. The Hall–Kier alpha value is -2.59. The summed E-state index contributed by atoms with van der Waals surface area (Å²) in [6, 6.07) is 3.54. The van der Waals surface area contributed by atoms with E-state index in [1.165, 1.54) is 22.7 Å². The molecule has 24 heavy (non-hydrogen) atoms. The van der Waals surface area contributed by atoms with Crippen molar-refractivity contribution in [3.63, 3.8) is 0 Å². The molecule has 0 aliphatic rings. The van der Waals surface area contributed by atoms with E-state index in [2.05, 4.69) is 25.8 Å². The minimum Gasteiger partial charge on any atom is -0.347 e. The van der Waals surface area contributed by atoms with Gasteiger partial charge in [0.1, 0.15) is 0 Å². The maximum absolute atomic E-state index is 11.9. The first-order valence-corrected chi connectivity index (χ1v) is 8.71. The Labute approximate surface area is 144 Å². The zero-order valence-corrected chi connectivity index (χ0v) is 14.2. The van der Waals surface area contributed by atoms with Gasteiger partial charge in [0.2, 0.25) is 11.8 Å². The van der Waals surface area contributed by atoms with Gasteiger partial charge in [-0.2, -0.15) is 4.98 Å². The molecule has 0 radical (unpaired) electrons. The Bertz CT molecular complexity index is 840. The van der Waals surface area contributed by atoms with Crippen molar-refractivity contribution in [2.24, 2.45) is 0 Å². The number of nitrogens with zero attached hydrogens (tertiary/aromatic N) is 3. The van der Waals surface area contributed by atoms with Gasteiger partial charge < -0.3 is 9.84 Å². The first-order chi connectivity index (χ1) is 11.6. The lowest BCUT2D eigenvalue weighted by Crippen LogP contribution is -2.24. The van der Waals surface area contributed by atoms with E-state index in [9.17, 15) is 9.59 Å². The first-order valence-electron chi connectivity index (χ1n) is 6.95. The third kappa shape index (κ3) is 4.24. The highest BCUT2D eigenvalue weighted by Crippen LogP contribution is 2.18. The van der Waals surface area contributed by atoms with Crippen LogP contribution in [0.3, 0.4) is 0 Å². The van der Waals surface area contributed by atoms with E-state index in [0.717, 1.165) is 0 Å². The van der Waals surface area contributed by atoms with Crippen molar-refractivity contribution in [1.82, 2.24) is 20.4 Å². The van der Waals surface area contributed by atoms with Crippen LogP contribution in [0.25, 0.3) is 0 Å². The normalized spacial score (nSPS) is 10.5. The molecule has 10 heteroatoms. The lowest BCUT2D eigenvalue weighted by molar-refractivity contribution is -0.120. The van der Waals surface area contributed by atoms with Crippen molar-refractivity contribution in [3.8, 4) is 0 Å². The van der Waals surface area contributed by atoms with Crippen LogP contribution in [-0.2, 0) is 17.8 Å². The predicted octanol–water partition coefficient (Wildman–Crippen LogP) is 2.01. The number of aromatic nitrogens is 3. The summed E-state index contributed by atoms with van der Waals surface area (Å²) in [4.78, 5) is 32.7. The number of hydrogen-bond donors (Lipinski definition) is 2. The SMILES string of the molecule is Cc1noc(CNC(=O)Cc2csc(NC(=O)c3cccs3)n2)n1. The Morgan fingerprint density at radius 3 is 2.88 bits per heavy atom. The summed E-state index contributed by atoms with van der Waals surface area (Å²) in [7, 11) is 0. The van der Waals surface area contributed by atoms with E-state index < -0.39 is 0 Å². The molecule has 0 spiro atoms. The van der Waals surface area contributed by atoms with E-state index in [0.29, 0.717) is 27.4 Å². The van der Waals surface area contributed by atoms with Crippen LogP contribution in [0.4, 0.5) is 5.13 Å². The summed E-state index contributed by atoms with van der Waals surface area (Å²) in [5, 5.41) is 13.1. The van der Waals surface area contributed by atoms with Gasteiger partial charge in [0.05, 0.1) is 23.5 Å². The maximum atomic E-state index is 11.9. The second-order valence-corrected chi connectivity index (χ2v) is 6.57. The fourth-order valence-corrected chi connectivity index (χ4v) is 3.15. The molecular formula is C14H13N5O3S2. The van der Waals surface area contributed by atoms with Crippen LogP contribution < -0.4 is 10.6 Å². The second-order valence-electron chi connectivity index (χ2n) is 4.76. The van der Waals surface area contributed by atoms with Crippen molar-refractivity contribution >= 4 is 39.6 Å². The van der Waals surface area contributed by atoms with Crippen LogP contribution in [0.2, 0.25) is 0 Å². The number of carbonyl (C=O) groups excluding carboxylic acids is 2. The number of carbonyl (C=O) groups is 2. The maximum Gasteiger partial charge on any atom is 0.267 e. The highest BCUT2D eigenvalue weighted by molar-refractivity contribution is 7.14. The molecule has 3 rings (SSSR count). The number of thiazole rings is 1. The van der Waals surface area contributed by atoms with Gasteiger partial charge in [-0.3, -0.25) is 14.9 Å². The van der Waals surface area contributed by atoms with E-state index in [-0.39, 0.29) is 24.8 Å². The van der Waals surface area contributed by atoms with Crippen molar-refractivity contribution in [1.29, 1.82) is 0 Å². The minimum absolute atomic E-state index is 0.110. The molecule has 0 saturated carbocycles. The fraction of sp³-hybridized carbons (Fsp3) is 0.214. The second kappa shape index (κ2) is 7.32. The summed E-state index contributed by atoms with van der Waals surface area (Å²) in [5.74, 6) is 0.447. The largest absolute Gasteiger partial charge is 0.347 e. The van der Waals surface area contributed by atoms with Gasteiger partial charge in [0.15, 0.2) is 11.0 Å². The van der Waals surface area contributed by atoms with E-state index in [1.807, 2.05) is 11.4 Å². The summed E-state index contributed by atoms with van der Waals surface area (Å²) in [6.45, 7) is 1.88. The van der Waals surface area contributed by atoms with Gasteiger partial charge in [-0.1, -0.05) is 11.2 Å². The number of amides is 2. The summed E-state index contributed by atoms with van der Waals surface area (Å²) in [5.41, 5.74) is 0.584. The number of thiophene rings is 1. The van der Waals surface area contributed by atoms with Crippen LogP contribution in [0, 0.1) is 6.92 Å². The zero-order chi connectivity index (χ0) is 16.9. The van der Waals surface area contributed by atoms with Crippen LogP contribution in [0.5, 0.6) is 0 Å². The summed E-state index contributed by atoms with van der Waals surface area (Å²) >= 11 is 2.63. The van der Waals surface area contributed by atoms with Crippen LogP contribution in [-0.4, -0.2) is 26.9 Å². The smallest absolute Gasteiger partial charge is 0.267 e. The molecule has 124 valence electrons. The van der Waals surface area contributed by atoms with Crippen molar-refractivity contribution < 1.29 is 14.1 Å². The van der Waals surface area contributed by atoms with Crippen LogP contribution in [0.15, 0.2) is 27.4 Å². The minimum atomic E-state index is -0.215. The van der Waals surface area contributed by atoms with E-state index in [1.54, 1.807) is 18.4 Å². The molecule has 0 aliphatic heterocycles. The number of anilines is 1. The molecule has 2 amide bonds. The van der Waals surface area contributed by atoms with Crippen LogP contribution >= 0.6 is 22.7 Å². The molecular weight excluding hydrogens is 350 g/mol. The van der Waals surface area contributed by atoms with Crippen molar-refractivity contribution in [2.75, 3.05) is 5.32 Å². The molecule has 3 aromatic heterocycles. The number of hydrogen-bond acceptors (Lipinski definition) is 8. The fourth-order valence-electron chi connectivity index (χ4n) is 1.83. The molecule has 0 unspecified atom stereocenters. The molecule has 0 aromatic carbocycles. The first kappa shape index (κ1) is 16.3. The third-order valence-corrected chi connectivity index (χ3v) is 4.54. The Morgan fingerprint density at radius 2 is 2.17 bits per heavy atom. The molecule has 0 fully saturated rings.